The third kappa shape index (κ3) is 3.19. The molecule has 1 aromatic carbocycles. The van der Waals surface area contributed by atoms with Gasteiger partial charge in [0.25, 0.3) is 11.8 Å². The Kier molecular flexibility index (Phi) is 4.02. The number of nitrogens with one attached hydrogen (secondary N) is 3. The van der Waals surface area contributed by atoms with Crippen molar-refractivity contribution in [1.82, 2.24) is 20.4 Å². The van der Waals surface area contributed by atoms with Crippen molar-refractivity contribution in [2.45, 2.75) is 6.54 Å². The molecule has 2 heterocycles. The fourth-order valence-electron chi connectivity index (χ4n) is 2.04. The molecule has 0 fully saturated rings. The Balaban J connectivity index is 1.66. The smallest absolute Gasteiger partial charge is 0.408 e. The molecule has 9 heteroatoms. The lowest BCUT2D eigenvalue weighted by Gasteiger charge is -2.06. The van der Waals surface area contributed by atoms with E-state index in [1.54, 1.807) is 36.5 Å². The van der Waals surface area contributed by atoms with Crippen LogP contribution in [0.4, 0.5) is 0 Å². The number of hydrogen-bond acceptors (Lipinski definition) is 4. The van der Waals surface area contributed by atoms with Gasteiger partial charge in [0, 0.05) is 10.7 Å². The average molecular weight is 379 g/mol. The number of halogens is 1. The maximum Gasteiger partial charge on any atom is 0.420 e. The van der Waals surface area contributed by atoms with Crippen LogP contribution >= 0.6 is 15.9 Å². The van der Waals surface area contributed by atoms with E-state index in [-0.39, 0.29) is 12.2 Å². The molecule has 3 rings (SSSR count). The highest BCUT2D eigenvalue weighted by atomic mass is 79.9. The first-order chi connectivity index (χ1) is 11.0. The van der Waals surface area contributed by atoms with Gasteiger partial charge in [-0.2, -0.15) is 0 Å². The summed E-state index contributed by atoms with van der Waals surface area (Å²) < 4.78 is 6.92. The molecule has 23 heavy (non-hydrogen) atoms. The molecule has 0 unspecified atom stereocenters. The van der Waals surface area contributed by atoms with Gasteiger partial charge in [0.05, 0.1) is 5.52 Å². The molecule has 0 saturated carbocycles. The van der Waals surface area contributed by atoms with E-state index in [4.69, 9.17) is 4.42 Å². The van der Waals surface area contributed by atoms with Gasteiger partial charge in [-0.3, -0.25) is 25.0 Å². The fourth-order valence-corrected chi connectivity index (χ4v) is 2.38. The largest absolute Gasteiger partial charge is 0.420 e. The second kappa shape index (κ2) is 6.13. The molecule has 0 aliphatic carbocycles. The number of hydrazine groups is 1. The first kappa shape index (κ1) is 15.1. The minimum atomic E-state index is -0.638. The third-order valence-corrected chi connectivity index (χ3v) is 3.54. The van der Waals surface area contributed by atoms with Crippen LogP contribution in [0.15, 0.2) is 50.2 Å². The zero-order valence-corrected chi connectivity index (χ0v) is 13.2. The summed E-state index contributed by atoms with van der Waals surface area (Å²) in [5, 5.41) is 0. The summed E-state index contributed by atoms with van der Waals surface area (Å²) in [6, 6.07) is 8.33. The number of hydrogen-bond donors (Lipinski definition) is 3. The molecule has 8 nitrogen and oxygen atoms in total. The van der Waals surface area contributed by atoms with Crippen molar-refractivity contribution in [3.8, 4) is 0 Å². The Morgan fingerprint density at radius 1 is 1.26 bits per heavy atom. The third-order valence-electron chi connectivity index (χ3n) is 3.08. The summed E-state index contributed by atoms with van der Waals surface area (Å²) in [4.78, 5) is 38.2. The van der Waals surface area contributed by atoms with Gasteiger partial charge in [-0.05, 0) is 34.1 Å². The highest BCUT2D eigenvalue weighted by molar-refractivity contribution is 9.10. The molecule has 3 aromatic rings. The van der Waals surface area contributed by atoms with Crippen molar-refractivity contribution in [2.75, 3.05) is 0 Å². The van der Waals surface area contributed by atoms with Gasteiger partial charge in [0.1, 0.15) is 12.2 Å². The van der Waals surface area contributed by atoms with Crippen LogP contribution in [0.3, 0.4) is 0 Å². The number of aromatic nitrogens is 2. The van der Waals surface area contributed by atoms with E-state index < -0.39 is 17.6 Å². The van der Waals surface area contributed by atoms with Gasteiger partial charge in [-0.25, -0.2) is 4.79 Å². The van der Waals surface area contributed by atoms with Crippen molar-refractivity contribution >= 4 is 38.8 Å². The normalized spacial score (nSPS) is 10.7. The Labute approximate surface area is 137 Å². The van der Waals surface area contributed by atoms with E-state index in [0.29, 0.717) is 15.6 Å². The molecule has 2 amide bonds. The van der Waals surface area contributed by atoms with Gasteiger partial charge in [0.15, 0.2) is 5.58 Å². The Morgan fingerprint density at radius 3 is 2.78 bits per heavy atom. The van der Waals surface area contributed by atoms with Crippen LogP contribution in [-0.2, 0) is 11.3 Å². The molecule has 0 radical (unpaired) electrons. The van der Waals surface area contributed by atoms with Crippen LogP contribution in [0.2, 0.25) is 0 Å². The van der Waals surface area contributed by atoms with E-state index in [2.05, 4.69) is 31.8 Å². The van der Waals surface area contributed by atoms with E-state index in [0.717, 1.165) is 0 Å². The summed E-state index contributed by atoms with van der Waals surface area (Å²) in [6.45, 7) is -0.273. The van der Waals surface area contributed by atoms with Crippen LogP contribution in [-0.4, -0.2) is 21.4 Å². The maximum atomic E-state index is 11.9. The molecule has 0 saturated heterocycles. The average Bonchev–Trinajstić information content (AvgIpc) is 3.09. The number of benzene rings is 1. The van der Waals surface area contributed by atoms with Gasteiger partial charge in [-0.15, -0.1) is 0 Å². The molecule has 0 spiro atoms. The van der Waals surface area contributed by atoms with Gasteiger partial charge in [-0.1, -0.05) is 12.1 Å². The van der Waals surface area contributed by atoms with E-state index in [9.17, 15) is 14.4 Å². The van der Waals surface area contributed by atoms with Crippen molar-refractivity contribution in [3.63, 3.8) is 0 Å². The van der Waals surface area contributed by atoms with Gasteiger partial charge in [0.2, 0.25) is 0 Å². The topological polar surface area (TPSA) is 109 Å². The predicted octanol–water partition coefficient (Wildman–Crippen LogP) is 1.15. The van der Waals surface area contributed by atoms with Gasteiger partial charge < -0.3 is 9.40 Å². The minimum absolute atomic E-state index is 0.273. The molecule has 118 valence electrons. The van der Waals surface area contributed by atoms with Crippen LogP contribution in [0, 0.1) is 0 Å². The fraction of sp³-hybridized carbons (Fsp3) is 0.0714. The molecule has 0 aliphatic rings. The second-order valence-electron chi connectivity index (χ2n) is 4.66. The summed E-state index contributed by atoms with van der Waals surface area (Å²) in [7, 11) is 0. The van der Waals surface area contributed by atoms with Crippen LogP contribution in [0.25, 0.3) is 11.1 Å². The second-order valence-corrected chi connectivity index (χ2v) is 5.57. The molecular weight excluding hydrogens is 368 g/mol. The summed E-state index contributed by atoms with van der Waals surface area (Å²) in [5.41, 5.74) is 5.68. The number of amides is 2. The van der Waals surface area contributed by atoms with Crippen molar-refractivity contribution in [1.29, 1.82) is 0 Å². The standard InChI is InChI=1S/C14H11BrN4O4/c15-8-5-9(16-6-8)13(21)18-17-12(20)7-19-10-3-1-2-4-11(10)23-14(19)22/h1-6,16H,7H2,(H,17,20)(H,18,21). The number of carbonyl (C=O) groups excluding carboxylic acids is 2. The summed E-state index contributed by atoms with van der Waals surface area (Å²) >= 11 is 3.20. The van der Waals surface area contributed by atoms with Crippen molar-refractivity contribution in [2.24, 2.45) is 0 Å². The Bertz CT molecular complexity index is 940. The quantitative estimate of drug-likeness (QED) is 0.593. The maximum absolute atomic E-state index is 11.9. The number of rotatable bonds is 3. The zero-order valence-electron chi connectivity index (χ0n) is 11.6. The monoisotopic (exact) mass is 378 g/mol. The molecule has 0 atom stereocenters. The molecule has 0 bridgehead atoms. The van der Waals surface area contributed by atoms with Crippen molar-refractivity contribution in [3.05, 3.63) is 57.2 Å². The van der Waals surface area contributed by atoms with E-state index in [1.807, 2.05) is 0 Å². The van der Waals surface area contributed by atoms with E-state index in [1.165, 1.54) is 4.57 Å². The molecule has 0 aliphatic heterocycles. The van der Waals surface area contributed by atoms with Crippen LogP contribution in [0.5, 0.6) is 0 Å². The molecule has 3 N–H and O–H groups in total. The number of nitrogens with zero attached hydrogens (tertiary/aromatic N) is 1. The number of carbonyl (C=O) groups is 2. The Morgan fingerprint density at radius 2 is 2.04 bits per heavy atom. The molecular formula is C14H11BrN4O4. The van der Waals surface area contributed by atoms with Crippen LogP contribution < -0.4 is 16.6 Å². The zero-order chi connectivity index (χ0) is 16.4. The summed E-state index contributed by atoms with van der Waals surface area (Å²) in [5.74, 6) is -1.70. The highest BCUT2D eigenvalue weighted by Crippen LogP contribution is 2.11. The van der Waals surface area contributed by atoms with Gasteiger partial charge >= 0.3 is 5.76 Å². The number of para-hydroxylation sites is 2. The van der Waals surface area contributed by atoms with Crippen LogP contribution in [0.1, 0.15) is 10.5 Å². The lowest BCUT2D eigenvalue weighted by molar-refractivity contribution is -0.122. The SMILES string of the molecule is O=C(Cn1c(=O)oc2ccccc21)NNC(=O)c1cc(Br)c[nH]1. The number of H-pyrrole nitrogens is 1. The highest BCUT2D eigenvalue weighted by Gasteiger charge is 2.13. The van der Waals surface area contributed by atoms with Crippen molar-refractivity contribution < 1.29 is 14.0 Å². The molecule has 2 aromatic heterocycles. The predicted molar refractivity (Wildman–Crippen MR) is 84.6 cm³/mol. The Hall–Kier alpha value is -2.81. The lowest BCUT2D eigenvalue weighted by atomic mass is 10.3. The number of fused-ring (bicyclic) bond motifs is 1. The number of aromatic amines is 1. The minimum Gasteiger partial charge on any atom is -0.408 e. The first-order valence-corrected chi connectivity index (χ1v) is 7.35. The first-order valence-electron chi connectivity index (χ1n) is 6.56. The lowest BCUT2D eigenvalue weighted by Crippen LogP contribution is -2.44. The van der Waals surface area contributed by atoms with E-state index >= 15 is 0 Å². The number of oxazole rings is 1. The summed E-state index contributed by atoms with van der Waals surface area (Å²) in [6.07, 6.45) is 1.59.